The third-order valence-corrected chi connectivity index (χ3v) is 8.80. The molecule has 1 N–H and O–H groups in total. The Labute approximate surface area is 184 Å². The summed E-state index contributed by atoms with van der Waals surface area (Å²) in [5.41, 5.74) is 3.41. The van der Waals surface area contributed by atoms with E-state index in [1.807, 2.05) is 6.20 Å². The first-order valence-electron chi connectivity index (χ1n) is 8.81. The van der Waals surface area contributed by atoms with E-state index in [2.05, 4.69) is 104 Å². The van der Waals surface area contributed by atoms with Gasteiger partial charge < -0.3 is 22.0 Å². The summed E-state index contributed by atoms with van der Waals surface area (Å²) < 4.78 is 0. The van der Waals surface area contributed by atoms with Crippen molar-refractivity contribution in [2.75, 3.05) is 0 Å². The molecule has 3 aromatic carbocycles. The number of nitrogens with zero attached hydrogens (tertiary/aromatic N) is 1. The molecule has 0 spiro atoms. The molecule has 4 aromatic rings. The van der Waals surface area contributed by atoms with Crippen molar-refractivity contribution in [2.24, 2.45) is 0 Å². The summed E-state index contributed by atoms with van der Waals surface area (Å²) in [6, 6.07) is 30.5. The highest BCUT2D eigenvalue weighted by atomic mass is 79.9. The van der Waals surface area contributed by atoms with Gasteiger partial charge in [-0.15, -0.1) is 12.4 Å². The Hall–Kier alpha value is -1.93. The maximum atomic E-state index is 4.83. The average molecular weight is 474 g/mol. The highest BCUT2D eigenvalue weighted by molar-refractivity contribution is 8.01. The van der Waals surface area contributed by atoms with Crippen molar-refractivity contribution in [3.05, 3.63) is 102 Å². The number of nitrogens with one attached hydrogen (secondary N) is 1. The smallest absolute Gasteiger partial charge is 0.270 e. The summed E-state index contributed by atoms with van der Waals surface area (Å²) in [4.78, 5) is 8.40. The molecule has 0 atom stereocenters. The number of aryl methyl sites for hydroxylation is 2. The molecule has 0 saturated heterocycles. The predicted molar refractivity (Wildman–Crippen MR) is 120 cm³/mol. The number of benzene rings is 3. The molecule has 4 rings (SSSR count). The zero-order valence-corrected chi connectivity index (χ0v) is 19.1. The van der Waals surface area contributed by atoms with E-state index in [1.165, 1.54) is 21.5 Å². The van der Waals surface area contributed by atoms with Gasteiger partial charge in [0.25, 0.3) is 5.57 Å². The minimum atomic E-state index is -2.07. The largest absolute Gasteiger partial charge is 1.00 e. The third-order valence-electron chi connectivity index (χ3n) is 4.72. The third kappa shape index (κ3) is 3.93. The second-order valence-electron chi connectivity index (χ2n) is 6.57. The standard InChI is InChI=1S/C23H22N2P.BrH.ClH/c1-18-13-15-22(16-14-18)26(20-9-5-3-6-10-20,21-11-7-4-8-12-21)23-24-17-19(2)25-23;;/h3-17H,1-2H3,(H,24,25);2*1H/q+1;;/p-1. The van der Waals surface area contributed by atoms with Gasteiger partial charge in [-0.3, -0.25) is 0 Å². The minimum Gasteiger partial charge on any atom is -1.00 e. The predicted octanol–water partition coefficient (Wildman–Crippen LogP) is 1.07. The molecule has 0 aliphatic heterocycles. The van der Waals surface area contributed by atoms with Gasteiger partial charge in [0.05, 0.1) is 6.20 Å². The van der Waals surface area contributed by atoms with Crippen LogP contribution in [0.2, 0.25) is 0 Å². The molecule has 2 nitrogen and oxygen atoms in total. The highest BCUT2D eigenvalue weighted by Gasteiger charge is 2.50. The summed E-state index contributed by atoms with van der Waals surface area (Å²) in [6.45, 7) is 4.20. The van der Waals surface area contributed by atoms with Crippen LogP contribution in [0.4, 0.5) is 0 Å². The molecule has 0 aliphatic carbocycles. The van der Waals surface area contributed by atoms with E-state index in [-0.39, 0.29) is 29.4 Å². The summed E-state index contributed by atoms with van der Waals surface area (Å²) in [5, 5.41) is 3.93. The maximum absolute atomic E-state index is 4.83. The van der Waals surface area contributed by atoms with Crippen molar-refractivity contribution in [2.45, 2.75) is 13.8 Å². The molecule has 1 heterocycles. The lowest BCUT2D eigenvalue weighted by Crippen LogP contribution is -3.00. The van der Waals surface area contributed by atoms with Gasteiger partial charge >= 0.3 is 0 Å². The van der Waals surface area contributed by atoms with Crippen LogP contribution >= 0.6 is 19.7 Å². The molecule has 0 bridgehead atoms. The lowest BCUT2D eigenvalue weighted by atomic mass is 10.2. The highest BCUT2D eigenvalue weighted by Crippen LogP contribution is 2.53. The molecule has 0 saturated carbocycles. The van der Waals surface area contributed by atoms with Crippen LogP contribution in [-0.2, 0) is 0 Å². The van der Waals surface area contributed by atoms with Crippen molar-refractivity contribution in [1.29, 1.82) is 0 Å². The minimum absolute atomic E-state index is 0. The van der Waals surface area contributed by atoms with E-state index in [1.54, 1.807) is 0 Å². The molecule has 0 aliphatic rings. The molecule has 5 heteroatoms. The first kappa shape index (κ1) is 22.4. The number of hydrogen-bond donors (Lipinski definition) is 1. The Kier molecular flexibility index (Phi) is 7.60. The van der Waals surface area contributed by atoms with Crippen LogP contribution in [0.3, 0.4) is 0 Å². The summed E-state index contributed by atoms with van der Waals surface area (Å²) in [6.07, 6.45) is 1.93. The number of halogens is 2. The molecule has 0 unspecified atom stereocenters. The quantitative estimate of drug-likeness (QED) is 0.442. The van der Waals surface area contributed by atoms with Crippen LogP contribution in [-0.4, -0.2) is 9.97 Å². The second kappa shape index (κ2) is 9.52. The van der Waals surface area contributed by atoms with Crippen LogP contribution in [0.25, 0.3) is 0 Å². The zero-order valence-electron chi connectivity index (χ0n) is 15.8. The van der Waals surface area contributed by atoms with Crippen LogP contribution in [0.15, 0.2) is 91.1 Å². The molecular weight excluding hydrogens is 451 g/mol. The normalized spacial score (nSPS) is 10.6. The Bertz CT molecular complexity index is 962. The SMILES string of the molecule is Cc1ccc([P+](c2ccccc2)(c2ccccc2)c2ncc(C)[nH]2)cc1.Cl.[Br-]. The molecular formula is C23H23BrClN2P. The Balaban J connectivity index is 0.00000140. The van der Waals surface area contributed by atoms with E-state index in [9.17, 15) is 0 Å². The average Bonchev–Trinajstić information content (AvgIpc) is 3.12. The maximum Gasteiger partial charge on any atom is 0.270 e. The first-order valence-corrected chi connectivity index (χ1v) is 10.6. The fraction of sp³-hybridized carbons (Fsp3) is 0.0870. The molecule has 0 radical (unpaired) electrons. The van der Waals surface area contributed by atoms with Gasteiger partial charge in [-0.05, 0) is 50.2 Å². The molecule has 28 heavy (non-hydrogen) atoms. The van der Waals surface area contributed by atoms with Crippen molar-refractivity contribution in [3.63, 3.8) is 0 Å². The molecule has 0 fully saturated rings. The lowest BCUT2D eigenvalue weighted by molar-refractivity contribution is -0.00000549. The molecule has 1 aromatic heterocycles. The fourth-order valence-electron chi connectivity index (χ4n) is 3.45. The van der Waals surface area contributed by atoms with E-state index in [4.69, 9.17) is 4.98 Å². The molecule has 0 amide bonds. The lowest BCUT2D eigenvalue weighted by Gasteiger charge is -2.24. The van der Waals surface area contributed by atoms with Crippen LogP contribution in [0.1, 0.15) is 11.3 Å². The van der Waals surface area contributed by atoms with Crippen molar-refractivity contribution < 1.29 is 17.0 Å². The number of H-pyrrole nitrogens is 1. The monoisotopic (exact) mass is 472 g/mol. The van der Waals surface area contributed by atoms with Gasteiger partial charge in [-0.1, -0.05) is 54.1 Å². The number of rotatable bonds is 4. The second-order valence-corrected chi connectivity index (χ2v) is 9.88. The molecule has 144 valence electrons. The van der Waals surface area contributed by atoms with E-state index in [0.29, 0.717) is 0 Å². The Morgan fingerprint density at radius 1 is 0.679 bits per heavy atom. The van der Waals surface area contributed by atoms with Gasteiger partial charge in [-0.2, -0.15) is 0 Å². The summed E-state index contributed by atoms with van der Waals surface area (Å²) in [7, 11) is -2.07. The fourth-order valence-corrected chi connectivity index (χ4v) is 7.49. The summed E-state index contributed by atoms with van der Waals surface area (Å²) in [5.74, 6) is 0. The van der Waals surface area contributed by atoms with Gasteiger partial charge in [-0.25, -0.2) is 4.98 Å². The van der Waals surface area contributed by atoms with Crippen LogP contribution in [0, 0.1) is 13.8 Å². The van der Waals surface area contributed by atoms with Gasteiger partial charge in [0.1, 0.15) is 15.9 Å². The zero-order chi connectivity index (χ0) is 18.0. The van der Waals surface area contributed by atoms with E-state index in [0.717, 1.165) is 11.3 Å². The number of hydrogen-bond acceptors (Lipinski definition) is 1. The topological polar surface area (TPSA) is 28.7 Å². The Morgan fingerprint density at radius 2 is 1.14 bits per heavy atom. The Morgan fingerprint density at radius 3 is 1.57 bits per heavy atom. The van der Waals surface area contributed by atoms with Crippen LogP contribution < -0.4 is 38.5 Å². The van der Waals surface area contributed by atoms with Crippen molar-refractivity contribution >= 4 is 41.1 Å². The van der Waals surface area contributed by atoms with E-state index >= 15 is 0 Å². The number of imidazole rings is 1. The van der Waals surface area contributed by atoms with E-state index < -0.39 is 7.26 Å². The van der Waals surface area contributed by atoms with Crippen molar-refractivity contribution in [3.8, 4) is 0 Å². The summed E-state index contributed by atoms with van der Waals surface area (Å²) >= 11 is 0. The van der Waals surface area contributed by atoms with Crippen LogP contribution in [0.5, 0.6) is 0 Å². The van der Waals surface area contributed by atoms with Gasteiger partial charge in [0.2, 0.25) is 0 Å². The number of aromatic nitrogens is 2. The van der Waals surface area contributed by atoms with Crippen molar-refractivity contribution in [1.82, 2.24) is 9.97 Å². The van der Waals surface area contributed by atoms with Gasteiger partial charge in [0, 0.05) is 5.69 Å². The number of aromatic amines is 1. The van der Waals surface area contributed by atoms with Gasteiger partial charge in [0.15, 0.2) is 7.26 Å². The first-order chi connectivity index (χ1) is 12.7.